The minimum Gasteiger partial charge on any atom is -0.0859 e. The SMILES string of the molecule is CC(C)=CCCC1(C)C2CCC1(C)CC2. The molecule has 0 aromatic heterocycles. The summed E-state index contributed by atoms with van der Waals surface area (Å²) in [5.41, 5.74) is 2.81. The average Bonchev–Trinajstić information content (AvgIpc) is 2.52. The van der Waals surface area contributed by atoms with Crippen molar-refractivity contribution in [3.63, 3.8) is 0 Å². The van der Waals surface area contributed by atoms with Crippen LogP contribution in [0.1, 0.15) is 66.2 Å². The summed E-state index contributed by atoms with van der Waals surface area (Å²) in [6.07, 6.45) is 11.1. The largest absolute Gasteiger partial charge is 0.0859 e. The summed E-state index contributed by atoms with van der Waals surface area (Å²) >= 11 is 0. The summed E-state index contributed by atoms with van der Waals surface area (Å²) in [5.74, 6) is 1.04. The zero-order valence-electron chi connectivity index (χ0n) is 10.9. The summed E-state index contributed by atoms with van der Waals surface area (Å²) in [6.45, 7) is 9.54. The van der Waals surface area contributed by atoms with Crippen LogP contribution in [-0.4, -0.2) is 0 Å². The molecule has 2 aliphatic rings. The number of rotatable bonds is 3. The van der Waals surface area contributed by atoms with Crippen molar-refractivity contribution in [1.82, 2.24) is 0 Å². The highest BCUT2D eigenvalue weighted by atomic mass is 14.6. The third kappa shape index (κ3) is 1.66. The van der Waals surface area contributed by atoms with Crippen molar-refractivity contribution in [2.45, 2.75) is 66.2 Å². The molecule has 0 aromatic carbocycles. The van der Waals surface area contributed by atoms with Crippen molar-refractivity contribution in [2.75, 3.05) is 0 Å². The van der Waals surface area contributed by atoms with E-state index in [0.29, 0.717) is 10.8 Å². The van der Waals surface area contributed by atoms with E-state index in [-0.39, 0.29) is 0 Å². The first-order valence-electron chi connectivity index (χ1n) is 6.61. The minimum absolute atomic E-state index is 0.652. The van der Waals surface area contributed by atoms with Gasteiger partial charge in [-0.05, 0) is 69.1 Å². The topological polar surface area (TPSA) is 0 Å². The molecule has 0 saturated heterocycles. The highest BCUT2D eigenvalue weighted by molar-refractivity contribution is 5.08. The zero-order valence-corrected chi connectivity index (χ0v) is 10.9. The molecule has 86 valence electrons. The summed E-state index contributed by atoms with van der Waals surface area (Å²) in [6, 6.07) is 0. The van der Waals surface area contributed by atoms with E-state index in [4.69, 9.17) is 0 Å². The molecular weight excluding hydrogens is 180 g/mol. The van der Waals surface area contributed by atoms with Crippen LogP contribution in [0, 0.1) is 16.7 Å². The van der Waals surface area contributed by atoms with E-state index >= 15 is 0 Å². The summed E-state index contributed by atoms with van der Waals surface area (Å²) < 4.78 is 0. The van der Waals surface area contributed by atoms with Gasteiger partial charge >= 0.3 is 0 Å². The van der Waals surface area contributed by atoms with Crippen molar-refractivity contribution < 1.29 is 0 Å². The van der Waals surface area contributed by atoms with Gasteiger partial charge in [-0.25, -0.2) is 0 Å². The molecule has 15 heavy (non-hydrogen) atoms. The first-order chi connectivity index (χ1) is 6.98. The lowest BCUT2D eigenvalue weighted by Crippen LogP contribution is -2.30. The van der Waals surface area contributed by atoms with Crippen molar-refractivity contribution in [3.05, 3.63) is 11.6 Å². The second-order valence-electron chi connectivity index (χ2n) is 6.57. The Kier molecular flexibility index (Phi) is 2.73. The molecule has 0 nitrogen and oxygen atoms in total. The molecule has 0 radical (unpaired) electrons. The molecule has 0 spiro atoms. The standard InChI is InChI=1S/C15H26/c1-12(2)6-5-9-15(4)13-7-10-14(15,3)11-8-13/h6,13H,5,7-11H2,1-4H3. The molecule has 0 N–H and O–H groups in total. The Morgan fingerprint density at radius 1 is 1.20 bits per heavy atom. The number of allylic oxidation sites excluding steroid dienone is 2. The number of hydrogen-bond donors (Lipinski definition) is 0. The first kappa shape index (κ1) is 11.2. The van der Waals surface area contributed by atoms with Crippen LogP contribution in [0.25, 0.3) is 0 Å². The molecule has 0 heteroatoms. The van der Waals surface area contributed by atoms with Crippen LogP contribution < -0.4 is 0 Å². The van der Waals surface area contributed by atoms with Crippen molar-refractivity contribution in [2.24, 2.45) is 16.7 Å². The van der Waals surface area contributed by atoms with Gasteiger partial charge in [0.2, 0.25) is 0 Å². The predicted molar refractivity (Wildman–Crippen MR) is 66.8 cm³/mol. The lowest BCUT2D eigenvalue weighted by Gasteiger charge is -2.38. The monoisotopic (exact) mass is 206 g/mol. The molecule has 2 rings (SSSR count). The molecule has 0 aliphatic heterocycles. The number of hydrogen-bond acceptors (Lipinski definition) is 0. The van der Waals surface area contributed by atoms with Gasteiger partial charge in [0.15, 0.2) is 0 Å². The van der Waals surface area contributed by atoms with Crippen molar-refractivity contribution in [3.8, 4) is 0 Å². The summed E-state index contributed by atoms with van der Waals surface area (Å²) in [4.78, 5) is 0. The second-order valence-corrected chi connectivity index (χ2v) is 6.57. The van der Waals surface area contributed by atoms with Crippen LogP contribution >= 0.6 is 0 Å². The number of fused-ring (bicyclic) bond motifs is 2. The van der Waals surface area contributed by atoms with Gasteiger partial charge in [-0.2, -0.15) is 0 Å². The predicted octanol–water partition coefficient (Wildman–Crippen LogP) is 4.95. The molecule has 0 heterocycles. The van der Waals surface area contributed by atoms with E-state index in [1.54, 1.807) is 0 Å². The zero-order chi connectivity index (χ0) is 11.1. The lowest BCUT2D eigenvalue weighted by atomic mass is 9.67. The van der Waals surface area contributed by atoms with Gasteiger partial charge < -0.3 is 0 Å². The van der Waals surface area contributed by atoms with Gasteiger partial charge in [0.25, 0.3) is 0 Å². The van der Waals surface area contributed by atoms with Crippen LogP contribution in [0.2, 0.25) is 0 Å². The Labute approximate surface area is 95.1 Å². The van der Waals surface area contributed by atoms with Crippen LogP contribution in [-0.2, 0) is 0 Å². The van der Waals surface area contributed by atoms with Gasteiger partial charge in [0.05, 0.1) is 0 Å². The molecule has 0 aromatic rings. The molecule has 1 atom stereocenters. The Bertz CT molecular complexity index is 262. The maximum Gasteiger partial charge on any atom is -0.0241 e. The van der Waals surface area contributed by atoms with E-state index in [2.05, 4.69) is 33.8 Å². The average molecular weight is 206 g/mol. The third-order valence-corrected chi connectivity index (χ3v) is 5.59. The van der Waals surface area contributed by atoms with Crippen LogP contribution in [0.3, 0.4) is 0 Å². The third-order valence-electron chi connectivity index (χ3n) is 5.59. The van der Waals surface area contributed by atoms with E-state index in [0.717, 1.165) is 5.92 Å². The van der Waals surface area contributed by atoms with Gasteiger partial charge in [-0.15, -0.1) is 0 Å². The van der Waals surface area contributed by atoms with Crippen molar-refractivity contribution in [1.29, 1.82) is 0 Å². The van der Waals surface area contributed by atoms with Crippen LogP contribution in [0.5, 0.6) is 0 Å². The quantitative estimate of drug-likeness (QED) is 0.573. The lowest BCUT2D eigenvalue weighted by molar-refractivity contribution is 0.116. The molecule has 2 fully saturated rings. The summed E-state index contributed by atoms with van der Waals surface area (Å²) in [7, 11) is 0. The van der Waals surface area contributed by atoms with Crippen LogP contribution in [0.4, 0.5) is 0 Å². The smallest absolute Gasteiger partial charge is 0.0241 e. The second kappa shape index (κ2) is 3.64. The Hall–Kier alpha value is -0.260. The van der Waals surface area contributed by atoms with Gasteiger partial charge in [-0.3, -0.25) is 0 Å². The van der Waals surface area contributed by atoms with E-state index in [1.807, 2.05) is 0 Å². The maximum atomic E-state index is 2.57. The fourth-order valence-corrected chi connectivity index (χ4v) is 4.12. The van der Waals surface area contributed by atoms with Crippen LogP contribution in [0.15, 0.2) is 11.6 Å². The first-order valence-corrected chi connectivity index (χ1v) is 6.61. The Morgan fingerprint density at radius 2 is 1.80 bits per heavy atom. The maximum absolute atomic E-state index is 2.57. The van der Waals surface area contributed by atoms with E-state index in [9.17, 15) is 0 Å². The highest BCUT2D eigenvalue weighted by Gasteiger charge is 2.57. The fraction of sp³-hybridized carbons (Fsp3) is 0.867. The molecule has 1 unspecified atom stereocenters. The van der Waals surface area contributed by atoms with Gasteiger partial charge in [0, 0.05) is 0 Å². The van der Waals surface area contributed by atoms with E-state index < -0.39 is 0 Å². The van der Waals surface area contributed by atoms with Gasteiger partial charge in [0.1, 0.15) is 0 Å². The fourth-order valence-electron chi connectivity index (χ4n) is 4.12. The van der Waals surface area contributed by atoms with Gasteiger partial charge in [-0.1, -0.05) is 25.5 Å². The Morgan fingerprint density at radius 3 is 2.20 bits per heavy atom. The minimum atomic E-state index is 0.652. The molecule has 2 saturated carbocycles. The molecule has 0 amide bonds. The highest BCUT2D eigenvalue weighted by Crippen LogP contribution is 2.67. The van der Waals surface area contributed by atoms with Crippen molar-refractivity contribution >= 4 is 0 Å². The molecule has 2 bridgehead atoms. The normalized spacial score (nSPS) is 43.3. The molecule has 2 aliphatic carbocycles. The molecular formula is C15H26. The summed E-state index contributed by atoms with van der Waals surface area (Å²) in [5, 5.41) is 0. The van der Waals surface area contributed by atoms with E-state index in [1.165, 1.54) is 44.1 Å². The Balaban J connectivity index is 2.04.